The van der Waals surface area contributed by atoms with Crippen LogP contribution in [0.2, 0.25) is 0 Å². The van der Waals surface area contributed by atoms with Gasteiger partial charge in [-0.05, 0) is 43.0 Å². The van der Waals surface area contributed by atoms with Crippen molar-refractivity contribution in [3.63, 3.8) is 0 Å². The maximum absolute atomic E-state index is 5.89. The van der Waals surface area contributed by atoms with Crippen LogP contribution in [0.25, 0.3) is 0 Å². The van der Waals surface area contributed by atoms with Crippen LogP contribution in [0.1, 0.15) is 28.3 Å². The molecule has 0 radical (unpaired) electrons. The summed E-state index contributed by atoms with van der Waals surface area (Å²) in [4.78, 5) is 0. The topological polar surface area (TPSA) is 52.0 Å². The van der Waals surface area contributed by atoms with Gasteiger partial charge in [-0.25, -0.2) is 0 Å². The zero-order valence-electron chi connectivity index (χ0n) is 8.59. The molecule has 2 heteroatoms. The van der Waals surface area contributed by atoms with Gasteiger partial charge in [0.25, 0.3) is 0 Å². The monoisotopic (exact) mass is 178 g/mol. The third-order valence-corrected chi connectivity index (χ3v) is 2.75. The summed E-state index contributed by atoms with van der Waals surface area (Å²) in [5.74, 6) is 0. The second-order valence-electron chi connectivity index (χ2n) is 3.56. The molecule has 0 aromatic heterocycles. The van der Waals surface area contributed by atoms with Gasteiger partial charge in [-0.1, -0.05) is 12.1 Å². The minimum absolute atomic E-state index is 0.0284. The third kappa shape index (κ3) is 1.90. The average molecular weight is 178 g/mol. The number of benzene rings is 1. The Morgan fingerprint density at radius 1 is 1.15 bits per heavy atom. The van der Waals surface area contributed by atoms with Gasteiger partial charge >= 0.3 is 0 Å². The summed E-state index contributed by atoms with van der Waals surface area (Å²) >= 11 is 0. The Kier molecular flexibility index (Phi) is 3.07. The number of nitrogens with two attached hydrogens (primary N) is 2. The minimum Gasteiger partial charge on any atom is -0.329 e. The van der Waals surface area contributed by atoms with Gasteiger partial charge in [0.2, 0.25) is 0 Å². The Hall–Kier alpha value is -0.860. The van der Waals surface area contributed by atoms with E-state index in [0.29, 0.717) is 6.54 Å². The maximum Gasteiger partial charge on any atom is 0.0422 e. The van der Waals surface area contributed by atoms with E-state index in [0.717, 1.165) is 0 Å². The van der Waals surface area contributed by atoms with Gasteiger partial charge in [0.1, 0.15) is 0 Å². The first-order valence-electron chi connectivity index (χ1n) is 4.60. The third-order valence-electron chi connectivity index (χ3n) is 2.75. The number of rotatable bonds is 2. The molecule has 0 aliphatic heterocycles. The summed E-state index contributed by atoms with van der Waals surface area (Å²) in [6, 6.07) is 4.15. The minimum atomic E-state index is -0.0284. The van der Waals surface area contributed by atoms with E-state index in [1.807, 2.05) is 0 Å². The summed E-state index contributed by atoms with van der Waals surface area (Å²) in [7, 11) is 0. The van der Waals surface area contributed by atoms with Gasteiger partial charge in [0.05, 0.1) is 0 Å². The summed E-state index contributed by atoms with van der Waals surface area (Å²) in [5, 5.41) is 0. The molecule has 0 spiro atoms. The molecule has 1 rings (SSSR count). The van der Waals surface area contributed by atoms with Crippen molar-refractivity contribution in [3.8, 4) is 0 Å². The van der Waals surface area contributed by atoms with Gasteiger partial charge in [-0.3, -0.25) is 0 Å². The summed E-state index contributed by atoms with van der Waals surface area (Å²) in [5.41, 5.74) is 16.5. The van der Waals surface area contributed by atoms with Crippen LogP contribution < -0.4 is 11.5 Å². The van der Waals surface area contributed by atoms with Crippen LogP contribution in [0.4, 0.5) is 0 Å². The molecule has 0 saturated carbocycles. The van der Waals surface area contributed by atoms with Crippen LogP contribution in [-0.4, -0.2) is 6.54 Å². The Labute approximate surface area is 79.9 Å². The molecule has 72 valence electrons. The number of hydrogen-bond donors (Lipinski definition) is 2. The molecule has 0 fully saturated rings. The first kappa shape index (κ1) is 10.2. The number of aryl methyl sites for hydroxylation is 1. The van der Waals surface area contributed by atoms with Crippen molar-refractivity contribution in [2.45, 2.75) is 26.8 Å². The molecule has 2 nitrogen and oxygen atoms in total. The van der Waals surface area contributed by atoms with Crippen molar-refractivity contribution < 1.29 is 0 Å². The first-order chi connectivity index (χ1) is 6.07. The van der Waals surface area contributed by atoms with Gasteiger partial charge < -0.3 is 11.5 Å². The first-order valence-corrected chi connectivity index (χ1v) is 4.60. The highest BCUT2D eigenvalue weighted by atomic mass is 14.7. The molecule has 13 heavy (non-hydrogen) atoms. The smallest absolute Gasteiger partial charge is 0.0422 e. The van der Waals surface area contributed by atoms with E-state index < -0.39 is 0 Å². The second-order valence-corrected chi connectivity index (χ2v) is 3.56. The molecule has 0 saturated heterocycles. The van der Waals surface area contributed by atoms with Crippen LogP contribution in [0.3, 0.4) is 0 Å². The summed E-state index contributed by atoms with van der Waals surface area (Å²) < 4.78 is 0. The Morgan fingerprint density at radius 2 is 1.77 bits per heavy atom. The quantitative estimate of drug-likeness (QED) is 0.722. The van der Waals surface area contributed by atoms with Gasteiger partial charge in [0.15, 0.2) is 0 Å². The lowest BCUT2D eigenvalue weighted by Crippen LogP contribution is -2.22. The number of hydrogen-bond acceptors (Lipinski definition) is 2. The molecule has 0 amide bonds. The molecule has 1 aromatic carbocycles. The standard InChI is InChI=1S/C11H18N2/c1-7-4-5-10(11(13)6-12)9(3)8(7)2/h4-5,11H,6,12-13H2,1-3H3. The molecule has 0 aliphatic rings. The van der Waals surface area contributed by atoms with E-state index in [-0.39, 0.29) is 6.04 Å². The van der Waals surface area contributed by atoms with Crippen LogP contribution >= 0.6 is 0 Å². The van der Waals surface area contributed by atoms with Crippen molar-refractivity contribution in [2.75, 3.05) is 6.54 Å². The predicted octanol–water partition coefficient (Wildman–Crippen LogP) is 1.57. The van der Waals surface area contributed by atoms with E-state index in [4.69, 9.17) is 11.5 Å². The van der Waals surface area contributed by atoms with E-state index in [1.165, 1.54) is 22.3 Å². The molecule has 1 atom stereocenters. The Bertz CT molecular complexity index is 305. The predicted molar refractivity (Wildman–Crippen MR) is 56.6 cm³/mol. The Balaban J connectivity index is 3.18. The average Bonchev–Trinajstić information content (AvgIpc) is 2.13. The lowest BCUT2D eigenvalue weighted by atomic mass is 9.95. The van der Waals surface area contributed by atoms with Gasteiger partial charge in [0, 0.05) is 12.6 Å². The van der Waals surface area contributed by atoms with Crippen LogP contribution in [0.5, 0.6) is 0 Å². The van der Waals surface area contributed by atoms with E-state index >= 15 is 0 Å². The van der Waals surface area contributed by atoms with Crippen molar-refractivity contribution in [2.24, 2.45) is 11.5 Å². The van der Waals surface area contributed by atoms with E-state index in [2.05, 4.69) is 32.9 Å². The molecular formula is C11H18N2. The molecule has 1 aromatic rings. The SMILES string of the molecule is Cc1ccc(C(N)CN)c(C)c1C. The van der Waals surface area contributed by atoms with Crippen LogP contribution in [0.15, 0.2) is 12.1 Å². The molecule has 4 N–H and O–H groups in total. The van der Waals surface area contributed by atoms with Crippen molar-refractivity contribution >= 4 is 0 Å². The largest absolute Gasteiger partial charge is 0.329 e. The fraction of sp³-hybridized carbons (Fsp3) is 0.455. The zero-order valence-corrected chi connectivity index (χ0v) is 8.59. The second kappa shape index (κ2) is 3.90. The fourth-order valence-corrected chi connectivity index (χ4v) is 1.51. The maximum atomic E-state index is 5.89. The molecule has 1 unspecified atom stereocenters. The van der Waals surface area contributed by atoms with E-state index in [9.17, 15) is 0 Å². The van der Waals surface area contributed by atoms with Crippen molar-refractivity contribution in [3.05, 3.63) is 34.4 Å². The normalized spacial score (nSPS) is 13.0. The highest BCUT2D eigenvalue weighted by Gasteiger charge is 2.09. The molecular weight excluding hydrogens is 160 g/mol. The van der Waals surface area contributed by atoms with Gasteiger partial charge in [-0.2, -0.15) is 0 Å². The molecule has 0 heterocycles. The highest BCUT2D eigenvalue weighted by molar-refractivity contribution is 5.40. The zero-order chi connectivity index (χ0) is 10.0. The lowest BCUT2D eigenvalue weighted by Gasteiger charge is -2.15. The molecule has 0 bridgehead atoms. The lowest BCUT2D eigenvalue weighted by molar-refractivity contribution is 0.730. The van der Waals surface area contributed by atoms with Gasteiger partial charge in [-0.15, -0.1) is 0 Å². The highest BCUT2D eigenvalue weighted by Crippen LogP contribution is 2.20. The molecule has 0 aliphatic carbocycles. The Morgan fingerprint density at radius 3 is 2.31 bits per heavy atom. The summed E-state index contributed by atoms with van der Waals surface area (Å²) in [6.07, 6.45) is 0. The van der Waals surface area contributed by atoms with Crippen LogP contribution in [0, 0.1) is 20.8 Å². The fourth-order valence-electron chi connectivity index (χ4n) is 1.51. The van der Waals surface area contributed by atoms with Crippen molar-refractivity contribution in [1.82, 2.24) is 0 Å². The summed E-state index contributed by atoms with van der Waals surface area (Å²) in [6.45, 7) is 6.84. The van der Waals surface area contributed by atoms with Crippen LogP contribution in [-0.2, 0) is 0 Å². The van der Waals surface area contributed by atoms with E-state index in [1.54, 1.807) is 0 Å². The van der Waals surface area contributed by atoms with Crippen molar-refractivity contribution in [1.29, 1.82) is 0 Å².